The molecule has 1 aromatic rings. The fraction of sp³-hybridized carbons (Fsp3) is 0.500. The number of carbonyl (C=O) groups excluding carboxylic acids is 1. The number of ether oxygens (including phenoxy) is 2. The van der Waals surface area contributed by atoms with Crippen LogP contribution in [0.5, 0.6) is 11.5 Å². The van der Waals surface area contributed by atoms with Crippen LogP contribution < -0.4 is 14.8 Å². The average molecular weight is 378 g/mol. The summed E-state index contributed by atoms with van der Waals surface area (Å²) in [5.41, 5.74) is 0.385. The van der Waals surface area contributed by atoms with Gasteiger partial charge in [0.1, 0.15) is 16.7 Å². The van der Waals surface area contributed by atoms with Gasteiger partial charge in [-0.1, -0.05) is 11.8 Å². The number of aliphatic imine (C=N–C) groups is 1. The Balaban J connectivity index is 1.70. The smallest absolute Gasteiger partial charge is 0.319 e. The summed E-state index contributed by atoms with van der Waals surface area (Å²) in [5, 5.41) is 11.3. The zero-order valence-electron chi connectivity index (χ0n) is 14.7. The molecule has 8 heteroatoms. The Morgan fingerprint density at radius 2 is 2.04 bits per heavy atom. The van der Waals surface area contributed by atoms with Crippen LogP contribution in [0, 0.1) is 5.92 Å². The molecule has 1 saturated carbocycles. The minimum Gasteiger partial charge on any atom is -0.493 e. The molecule has 3 rings (SSSR count). The van der Waals surface area contributed by atoms with E-state index in [1.165, 1.54) is 12.8 Å². The van der Waals surface area contributed by atoms with E-state index in [0.717, 1.165) is 11.8 Å². The molecule has 0 saturated heterocycles. The van der Waals surface area contributed by atoms with Gasteiger partial charge in [-0.2, -0.15) is 0 Å². The van der Waals surface area contributed by atoms with Crippen LogP contribution in [-0.4, -0.2) is 46.7 Å². The molecule has 2 aliphatic rings. The van der Waals surface area contributed by atoms with Crippen LogP contribution in [-0.2, 0) is 4.79 Å². The van der Waals surface area contributed by atoms with Crippen LogP contribution in [0.15, 0.2) is 23.2 Å². The van der Waals surface area contributed by atoms with Crippen molar-refractivity contribution >= 4 is 28.8 Å². The highest BCUT2D eigenvalue weighted by Gasteiger charge is 2.27. The summed E-state index contributed by atoms with van der Waals surface area (Å²) < 4.78 is 11.5. The SMILES string of the molecule is CC(C)Oc1cc(OCC2CC2)cc(C(=O)NC2=NCC(C(=O)O)S2)c1. The second kappa shape index (κ2) is 7.99. The lowest BCUT2D eigenvalue weighted by atomic mass is 10.2. The normalized spacial score (nSPS) is 19.2. The summed E-state index contributed by atoms with van der Waals surface area (Å²) in [6, 6.07) is 5.09. The Morgan fingerprint density at radius 3 is 2.65 bits per heavy atom. The van der Waals surface area contributed by atoms with Crippen LogP contribution in [0.2, 0.25) is 0 Å². The topological polar surface area (TPSA) is 97.2 Å². The summed E-state index contributed by atoms with van der Waals surface area (Å²) in [7, 11) is 0. The predicted molar refractivity (Wildman–Crippen MR) is 99.2 cm³/mol. The Labute approximate surface area is 156 Å². The standard InChI is InChI=1S/C18H22N2O5S/c1-10(2)25-14-6-12(5-13(7-14)24-9-11-3-4-11)16(21)20-18-19-8-15(26-18)17(22)23/h5-7,10-11,15H,3-4,8-9H2,1-2H3,(H,22,23)(H,19,20,21). The van der Waals surface area contributed by atoms with Gasteiger partial charge >= 0.3 is 5.97 Å². The Morgan fingerprint density at radius 1 is 1.31 bits per heavy atom. The quantitative estimate of drug-likeness (QED) is 0.757. The second-order valence-corrected chi connectivity index (χ2v) is 7.85. The molecule has 1 unspecified atom stereocenters. The first-order valence-electron chi connectivity index (χ1n) is 8.60. The maximum absolute atomic E-state index is 12.6. The van der Waals surface area contributed by atoms with Crippen LogP contribution in [0.1, 0.15) is 37.0 Å². The van der Waals surface area contributed by atoms with Gasteiger partial charge in [0, 0.05) is 11.6 Å². The van der Waals surface area contributed by atoms with E-state index >= 15 is 0 Å². The highest BCUT2D eigenvalue weighted by molar-refractivity contribution is 8.15. The number of carboxylic acids is 1. The van der Waals surface area contributed by atoms with Crippen molar-refractivity contribution in [2.24, 2.45) is 10.9 Å². The molecule has 1 fully saturated rings. The molecule has 7 nitrogen and oxygen atoms in total. The summed E-state index contributed by atoms with van der Waals surface area (Å²) in [6.07, 6.45) is 2.32. The number of amidine groups is 1. The number of hydrogen-bond acceptors (Lipinski definition) is 6. The molecule has 0 aromatic heterocycles. The fourth-order valence-corrected chi connectivity index (χ4v) is 3.19. The van der Waals surface area contributed by atoms with Gasteiger partial charge in [-0.25, -0.2) is 0 Å². The molecule has 1 aromatic carbocycles. The zero-order chi connectivity index (χ0) is 18.7. The number of hydrogen-bond donors (Lipinski definition) is 2. The largest absolute Gasteiger partial charge is 0.493 e. The molecule has 1 aliphatic heterocycles. The lowest BCUT2D eigenvalue weighted by Crippen LogP contribution is -2.28. The molecule has 1 amide bonds. The van der Waals surface area contributed by atoms with E-state index in [1.807, 2.05) is 13.8 Å². The molecule has 1 atom stereocenters. The van der Waals surface area contributed by atoms with Crippen molar-refractivity contribution in [1.29, 1.82) is 0 Å². The number of nitrogens with zero attached hydrogens (tertiary/aromatic N) is 1. The van der Waals surface area contributed by atoms with E-state index in [1.54, 1.807) is 18.2 Å². The Kier molecular flexibility index (Phi) is 5.70. The van der Waals surface area contributed by atoms with Crippen molar-refractivity contribution in [3.05, 3.63) is 23.8 Å². The zero-order valence-corrected chi connectivity index (χ0v) is 15.5. The average Bonchev–Trinajstić information content (AvgIpc) is 3.29. The lowest BCUT2D eigenvalue weighted by molar-refractivity contribution is -0.136. The monoisotopic (exact) mass is 378 g/mol. The fourth-order valence-electron chi connectivity index (χ4n) is 2.37. The number of thioether (sulfide) groups is 1. The molecule has 0 spiro atoms. The van der Waals surface area contributed by atoms with Crippen LogP contribution in [0.3, 0.4) is 0 Å². The van der Waals surface area contributed by atoms with Gasteiger partial charge in [0.2, 0.25) is 0 Å². The third-order valence-electron chi connectivity index (χ3n) is 3.85. The molecule has 26 heavy (non-hydrogen) atoms. The van der Waals surface area contributed by atoms with Crippen molar-refractivity contribution in [3.8, 4) is 11.5 Å². The number of rotatable bonds is 7. The summed E-state index contributed by atoms with van der Waals surface area (Å²) >= 11 is 1.04. The number of carbonyl (C=O) groups is 2. The number of aliphatic carboxylic acids is 1. The third kappa shape index (κ3) is 5.14. The first kappa shape index (κ1) is 18.6. The van der Waals surface area contributed by atoms with Gasteiger partial charge in [0.15, 0.2) is 5.17 Å². The van der Waals surface area contributed by atoms with Crippen molar-refractivity contribution in [1.82, 2.24) is 5.32 Å². The minimum atomic E-state index is -0.939. The first-order valence-corrected chi connectivity index (χ1v) is 9.48. The number of nitrogens with one attached hydrogen (secondary N) is 1. The molecule has 2 N–H and O–H groups in total. The minimum absolute atomic E-state index is 0.0318. The number of benzene rings is 1. The highest BCUT2D eigenvalue weighted by atomic mass is 32.2. The number of amides is 1. The van der Waals surface area contributed by atoms with Crippen LogP contribution in [0.25, 0.3) is 0 Å². The van der Waals surface area contributed by atoms with E-state index in [0.29, 0.717) is 34.8 Å². The maximum atomic E-state index is 12.6. The van der Waals surface area contributed by atoms with E-state index in [4.69, 9.17) is 14.6 Å². The second-order valence-electron chi connectivity index (χ2n) is 6.66. The predicted octanol–water partition coefficient (Wildman–Crippen LogP) is 2.55. The van der Waals surface area contributed by atoms with Crippen molar-refractivity contribution in [3.63, 3.8) is 0 Å². The molecule has 0 bridgehead atoms. The van der Waals surface area contributed by atoms with Crippen LogP contribution >= 0.6 is 11.8 Å². The highest BCUT2D eigenvalue weighted by Crippen LogP contribution is 2.31. The molecule has 1 heterocycles. The van der Waals surface area contributed by atoms with Gasteiger partial charge in [-0.3, -0.25) is 14.6 Å². The first-order chi connectivity index (χ1) is 12.4. The summed E-state index contributed by atoms with van der Waals surface area (Å²) in [5.74, 6) is 0.436. The van der Waals surface area contributed by atoms with Gasteiger partial charge in [-0.15, -0.1) is 0 Å². The van der Waals surface area contributed by atoms with Gasteiger partial charge in [0.05, 0.1) is 19.3 Å². The summed E-state index contributed by atoms with van der Waals surface area (Å²) in [6.45, 7) is 4.61. The molecule has 1 aliphatic carbocycles. The molecular formula is C18H22N2O5S. The van der Waals surface area contributed by atoms with Gasteiger partial charge in [0.25, 0.3) is 5.91 Å². The third-order valence-corrected chi connectivity index (χ3v) is 4.94. The molecular weight excluding hydrogens is 356 g/mol. The van der Waals surface area contributed by atoms with Crippen molar-refractivity contribution < 1.29 is 24.2 Å². The van der Waals surface area contributed by atoms with Gasteiger partial charge < -0.3 is 19.9 Å². The lowest BCUT2D eigenvalue weighted by Gasteiger charge is -2.14. The Hall–Kier alpha value is -2.22. The van der Waals surface area contributed by atoms with E-state index in [2.05, 4.69) is 10.3 Å². The van der Waals surface area contributed by atoms with E-state index < -0.39 is 11.2 Å². The summed E-state index contributed by atoms with van der Waals surface area (Å²) in [4.78, 5) is 27.6. The van der Waals surface area contributed by atoms with Gasteiger partial charge in [-0.05, 0) is 44.7 Å². The Bertz CT molecular complexity index is 730. The number of carboxylic acid groups (broad SMARTS) is 1. The molecule has 140 valence electrons. The van der Waals surface area contributed by atoms with Crippen LogP contribution in [0.4, 0.5) is 0 Å². The molecule has 0 radical (unpaired) electrons. The van der Waals surface area contributed by atoms with E-state index in [9.17, 15) is 9.59 Å². The van der Waals surface area contributed by atoms with Crippen molar-refractivity contribution in [2.45, 2.75) is 38.0 Å². The van der Waals surface area contributed by atoms with Crippen molar-refractivity contribution in [2.75, 3.05) is 13.2 Å². The van der Waals surface area contributed by atoms with E-state index in [-0.39, 0.29) is 18.6 Å². The maximum Gasteiger partial charge on any atom is 0.319 e.